The Morgan fingerprint density at radius 1 is 0.929 bits per heavy atom. The second kappa shape index (κ2) is 10.0. The number of alkyl carbamates (subject to hydrolysis) is 1. The molecule has 0 unspecified atom stereocenters. The zero-order chi connectivity index (χ0) is 20.5. The maximum absolute atomic E-state index is 12.0. The molecule has 0 radical (unpaired) electrons. The van der Waals surface area contributed by atoms with Crippen LogP contribution in [0.1, 0.15) is 24.5 Å². The van der Waals surface area contributed by atoms with E-state index in [1.165, 1.54) is 14.2 Å². The van der Waals surface area contributed by atoms with Crippen LogP contribution in [0.2, 0.25) is 0 Å². The Balaban J connectivity index is 2.72. The molecule has 0 spiro atoms. The van der Waals surface area contributed by atoms with Crippen LogP contribution in [0.15, 0.2) is 48.5 Å². The van der Waals surface area contributed by atoms with E-state index in [9.17, 15) is 9.59 Å². The molecule has 28 heavy (non-hydrogen) atoms. The van der Waals surface area contributed by atoms with Gasteiger partial charge in [-0.1, -0.05) is 37.3 Å². The van der Waals surface area contributed by atoms with Crippen molar-refractivity contribution < 1.29 is 23.8 Å². The molecule has 0 saturated carbocycles. The van der Waals surface area contributed by atoms with E-state index < -0.39 is 12.2 Å². The molecule has 2 aromatic rings. The van der Waals surface area contributed by atoms with Crippen molar-refractivity contribution in [2.75, 3.05) is 26.6 Å². The monoisotopic (exact) mass is 384 g/mol. The summed E-state index contributed by atoms with van der Waals surface area (Å²) in [5.41, 5.74) is 3.40. The number of ether oxygens (including phenoxy) is 3. The quantitative estimate of drug-likeness (QED) is 0.716. The van der Waals surface area contributed by atoms with Crippen molar-refractivity contribution in [1.29, 1.82) is 0 Å². The SMILES string of the molecule is CC/C(=C(/NC(=O)OC)c1ccccc1)c1cc(OC)ccc1NC(=O)OC. The van der Waals surface area contributed by atoms with Crippen LogP contribution in [0.3, 0.4) is 0 Å². The first kappa shape index (κ1) is 20.8. The molecule has 0 saturated heterocycles. The van der Waals surface area contributed by atoms with Crippen molar-refractivity contribution >= 4 is 29.1 Å². The zero-order valence-electron chi connectivity index (χ0n) is 16.4. The molecule has 0 atom stereocenters. The fourth-order valence-electron chi connectivity index (χ4n) is 2.75. The maximum Gasteiger partial charge on any atom is 0.411 e. The highest BCUT2D eigenvalue weighted by Gasteiger charge is 2.18. The van der Waals surface area contributed by atoms with E-state index in [-0.39, 0.29) is 0 Å². The molecule has 7 nitrogen and oxygen atoms in total. The second-order valence-corrected chi connectivity index (χ2v) is 5.72. The minimum atomic E-state index is -0.593. The molecule has 0 bridgehead atoms. The average molecular weight is 384 g/mol. The fraction of sp³-hybridized carbons (Fsp3) is 0.238. The van der Waals surface area contributed by atoms with Crippen molar-refractivity contribution in [3.8, 4) is 5.75 Å². The Morgan fingerprint density at radius 2 is 1.61 bits per heavy atom. The van der Waals surface area contributed by atoms with Crippen LogP contribution in [0, 0.1) is 0 Å². The molecule has 7 heteroatoms. The van der Waals surface area contributed by atoms with Gasteiger partial charge >= 0.3 is 12.2 Å². The van der Waals surface area contributed by atoms with Gasteiger partial charge in [-0.05, 0) is 35.8 Å². The van der Waals surface area contributed by atoms with Crippen molar-refractivity contribution in [3.05, 3.63) is 59.7 Å². The number of allylic oxidation sites excluding steroid dienone is 1. The highest BCUT2D eigenvalue weighted by molar-refractivity contribution is 6.00. The third kappa shape index (κ3) is 5.03. The fourth-order valence-corrected chi connectivity index (χ4v) is 2.75. The number of benzene rings is 2. The van der Waals surface area contributed by atoms with Gasteiger partial charge < -0.3 is 14.2 Å². The number of carbonyl (C=O) groups is 2. The molecule has 0 heterocycles. The lowest BCUT2D eigenvalue weighted by molar-refractivity contribution is 0.176. The average Bonchev–Trinajstić information content (AvgIpc) is 2.74. The van der Waals surface area contributed by atoms with Crippen molar-refractivity contribution in [1.82, 2.24) is 5.32 Å². The summed E-state index contributed by atoms with van der Waals surface area (Å²) in [6.07, 6.45) is -0.615. The highest BCUT2D eigenvalue weighted by Crippen LogP contribution is 2.34. The van der Waals surface area contributed by atoms with E-state index in [1.54, 1.807) is 25.3 Å². The number of hydrogen-bond acceptors (Lipinski definition) is 5. The van der Waals surface area contributed by atoms with Gasteiger partial charge in [0.25, 0.3) is 0 Å². The normalized spacial score (nSPS) is 11.1. The van der Waals surface area contributed by atoms with Gasteiger partial charge in [-0.3, -0.25) is 10.6 Å². The molecule has 0 aliphatic carbocycles. The smallest absolute Gasteiger partial charge is 0.411 e. The second-order valence-electron chi connectivity index (χ2n) is 5.72. The number of hydrogen-bond donors (Lipinski definition) is 2. The van der Waals surface area contributed by atoms with Crippen LogP contribution in [0.5, 0.6) is 5.75 Å². The number of anilines is 1. The summed E-state index contributed by atoms with van der Waals surface area (Å²) < 4.78 is 14.9. The Morgan fingerprint density at radius 3 is 2.18 bits per heavy atom. The summed E-state index contributed by atoms with van der Waals surface area (Å²) in [5.74, 6) is 0.613. The summed E-state index contributed by atoms with van der Waals surface area (Å²) in [6.45, 7) is 1.96. The van der Waals surface area contributed by atoms with E-state index >= 15 is 0 Å². The van der Waals surface area contributed by atoms with E-state index in [0.29, 0.717) is 29.1 Å². The van der Waals surface area contributed by atoms with Gasteiger partial charge in [0.1, 0.15) is 5.75 Å². The first-order chi connectivity index (χ1) is 13.5. The summed E-state index contributed by atoms with van der Waals surface area (Å²) >= 11 is 0. The van der Waals surface area contributed by atoms with Gasteiger partial charge in [-0.15, -0.1) is 0 Å². The molecular weight excluding hydrogens is 360 g/mol. The van der Waals surface area contributed by atoms with Crippen molar-refractivity contribution in [3.63, 3.8) is 0 Å². The van der Waals surface area contributed by atoms with Gasteiger partial charge in [-0.2, -0.15) is 0 Å². The first-order valence-electron chi connectivity index (χ1n) is 8.70. The molecule has 2 aromatic carbocycles. The van der Waals surface area contributed by atoms with E-state index in [4.69, 9.17) is 14.2 Å². The third-order valence-corrected chi connectivity index (χ3v) is 4.10. The molecule has 2 rings (SSSR count). The summed E-state index contributed by atoms with van der Waals surface area (Å²) in [4.78, 5) is 23.8. The molecular formula is C21H24N2O5. The number of nitrogens with one attached hydrogen (secondary N) is 2. The topological polar surface area (TPSA) is 85.9 Å². The summed E-state index contributed by atoms with van der Waals surface area (Å²) in [6, 6.07) is 14.7. The molecule has 0 aliphatic rings. The predicted molar refractivity (Wildman–Crippen MR) is 108 cm³/mol. The van der Waals surface area contributed by atoms with E-state index in [1.807, 2.05) is 37.3 Å². The van der Waals surface area contributed by atoms with E-state index in [0.717, 1.165) is 11.1 Å². The van der Waals surface area contributed by atoms with Crippen LogP contribution >= 0.6 is 0 Å². The summed E-state index contributed by atoms with van der Waals surface area (Å²) in [7, 11) is 4.16. The largest absolute Gasteiger partial charge is 0.497 e. The standard InChI is InChI=1S/C21H24N2O5/c1-5-16(19(23-21(25)28-4)14-9-7-6-8-10-14)17-13-15(26-2)11-12-18(17)22-20(24)27-3/h6-13H,5H2,1-4H3,(H,22,24)(H,23,25)/b19-16-. The van der Waals surface area contributed by atoms with Crippen molar-refractivity contribution in [2.24, 2.45) is 0 Å². The Labute approximate surface area is 164 Å². The van der Waals surface area contributed by atoms with E-state index in [2.05, 4.69) is 10.6 Å². The molecule has 148 valence electrons. The van der Waals surface area contributed by atoms with Gasteiger partial charge in [0, 0.05) is 5.56 Å². The third-order valence-electron chi connectivity index (χ3n) is 4.10. The minimum Gasteiger partial charge on any atom is -0.497 e. The van der Waals surface area contributed by atoms with Gasteiger partial charge in [-0.25, -0.2) is 9.59 Å². The number of carbonyl (C=O) groups excluding carboxylic acids is 2. The number of amides is 2. The molecule has 2 amide bonds. The Kier molecular flexibility index (Phi) is 7.45. The molecule has 0 aromatic heterocycles. The minimum absolute atomic E-state index is 0.532. The van der Waals surface area contributed by atoms with Crippen LogP contribution in [0.25, 0.3) is 11.3 Å². The first-order valence-corrected chi connectivity index (χ1v) is 8.70. The Bertz CT molecular complexity index is 862. The van der Waals surface area contributed by atoms with Gasteiger partial charge in [0.15, 0.2) is 0 Å². The molecule has 0 fully saturated rings. The van der Waals surface area contributed by atoms with Gasteiger partial charge in [0.05, 0.1) is 32.7 Å². The Hall–Kier alpha value is -3.48. The molecule has 0 aliphatic heterocycles. The van der Waals surface area contributed by atoms with Crippen LogP contribution in [0.4, 0.5) is 15.3 Å². The lowest BCUT2D eigenvalue weighted by atomic mass is 9.95. The maximum atomic E-state index is 12.0. The molecule has 2 N–H and O–H groups in total. The van der Waals surface area contributed by atoms with Crippen LogP contribution in [-0.4, -0.2) is 33.5 Å². The zero-order valence-corrected chi connectivity index (χ0v) is 16.4. The summed E-state index contributed by atoms with van der Waals surface area (Å²) in [5, 5.41) is 5.50. The lowest BCUT2D eigenvalue weighted by Crippen LogP contribution is -2.23. The lowest BCUT2D eigenvalue weighted by Gasteiger charge is -2.19. The van der Waals surface area contributed by atoms with Gasteiger partial charge in [0.2, 0.25) is 0 Å². The predicted octanol–water partition coefficient (Wildman–Crippen LogP) is 4.51. The van der Waals surface area contributed by atoms with Crippen LogP contribution in [-0.2, 0) is 9.47 Å². The van der Waals surface area contributed by atoms with Crippen molar-refractivity contribution in [2.45, 2.75) is 13.3 Å². The number of methoxy groups -OCH3 is 3. The highest BCUT2D eigenvalue weighted by atomic mass is 16.5. The number of rotatable bonds is 6. The van der Waals surface area contributed by atoms with Crippen LogP contribution < -0.4 is 15.4 Å².